The highest BCUT2D eigenvalue weighted by Gasteiger charge is 2.55. The minimum absolute atomic E-state index is 0.0180. The molecule has 2 atom stereocenters. The zero-order valence-electron chi connectivity index (χ0n) is 12.1. The van der Waals surface area contributed by atoms with Crippen LogP contribution in [-0.2, 0) is 14.8 Å². The molecule has 1 aliphatic rings. The fourth-order valence-corrected chi connectivity index (χ4v) is 4.83. The molecule has 4 nitrogen and oxygen atoms in total. The molecule has 22 heavy (non-hydrogen) atoms. The maximum atomic E-state index is 12.7. The lowest BCUT2D eigenvalue weighted by molar-refractivity contribution is -0.126. The summed E-state index contributed by atoms with van der Waals surface area (Å²) in [6.45, 7) is 5.42. The van der Waals surface area contributed by atoms with Crippen LogP contribution in [-0.4, -0.2) is 35.9 Å². The fraction of sp³-hybridized carbons (Fsp3) is 0.400. The van der Waals surface area contributed by atoms with Gasteiger partial charge in [0, 0.05) is 18.3 Å². The van der Waals surface area contributed by atoms with Gasteiger partial charge in [0.2, 0.25) is 0 Å². The van der Waals surface area contributed by atoms with Crippen LogP contribution in [0.1, 0.15) is 12.0 Å². The van der Waals surface area contributed by atoms with Crippen LogP contribution in [0.5, 0.6) is 0 Å². The Morgan fingerprint density at radius 3 is 2.50 bits per heavy atom. The molecule has 7 heteroatoms. The molecule has 0 aliphatic carbocycles. The Hall–Kier alpha value is -1.04. The monoisotopic (exact) mass is 361 g/mol. The molecule has 120 valence electrons. The molecule has 0 bridgehead atoms. The summed E-state index contributed by atoms with van der Waals surface area (Å²) < 4.78 is 26.2. The van der Waals surface area contributed by atoms with E-state index in [9.17, 15) is 13.2 Å². The van der Waals surface area contributed by atoms with Crippen LogP contribution in [0.2, 0.25) is 0 Å². The summed E-state index contributed by atoms with van der Waals surface area (Å²) in [7, 11) is -3.93. The molecule has 0 unspecified atom stereocenters. The number of rotatable bonds is 5. The molecule has 2 rings (SSSR count). The van der Waals surface area contributed by atoms with Crippen LogP contribution in [0, 0.1) is 12.8 Å². The predicted molar refractivity (Wildman–Crippen MR) is 87.7 cm³/mol. The summed E-state index contributed by atoms with van der Waals surface area (Å²) in [6.07, 6.45) is 1.68. The Kier molecular flexibility index (Phi) is 4.90. The van der Waals surface area contributed by atoms with E-state index in [1.165, 1.54) is 18.2 Å². The van der Waals surface area contributed by atoms with Crippen molar-refractivity contribution in [1.29, 1.82) is 0 Å². The highest BCUT2D eigenvalue weighted by Crippen LogP contribution is 2.41. The molecule has 1 aromatic rings. The largest absolute Gasteiger partial charge is 0.272 e. The molecule has 0 spiro atoms. The van der Waals surface area contributed by atoms with E-state index in [1.54, 1.807) is 12.1 Å². The number of carbonyl (C=O) groups is 1. The molecule has 1 saturated heterocycles. The Balaban J connectivity index is 2.42. The van der Waals surface area contributed by atoms with Gasteiger partial charge in [0.05, 0.1) is 4.90 Å². The summed E-state index contributed by atoms with van der Waals surface area (Å²) in [4.78, 5) is 11.3. The number of benzene rings is 1. The SMILES string of the molecule is C=CC[C@@]1(Cl)C(=O)N(S(=O)(=O)c2ccc(C)cc2)C[C@H]1CCl. The predicted octanol–water partition coefficient (Wildman–Crippen LogP) is 2.93. The van der Waals surface area contributed by atoms with E-state index >= 15 is 0 Å². The van der Waals surface area contributed by atoms with E-state index < -0.39 is 26.7 Å². The van der Waals surface area contributed by atoms with Gasteiger partial charge in [-0.3, -0.25) is 4.79 Å². The van der Waals surface area contributed by atoms with Crippen molar-refractivity contribution >= 4 is 39.1 Å². The van der Waals surface area contributed by atoms with Crippen LogP contribution in [0.15, 0.2) is 41.8 Å². The van der Waals surface area contributed by atoms with E-state index in [-0.39, 0.29) is 23.7 Å². The Morgan fingerprint density at radius 2 is 2.00 bits per heavy atom. The van der Waals surface area contributed by atoms with E-state index in [1.807, 2.05) is 6.92 Å². The normalized spacial score (nSPS) is 25.5. The minimum atomic E-state index is -3.93. The van der Waals surface area contributed by atoms with E-state index in [0.717, 1.165) is 9.87 Å². The zero-order valence-corrected chi connectivity index (χ0v) is 14.5. The second-order valence-electron chi connectivity index (χ2n) is 5.36. The smallest absolute Gasteiger partial charge is 0.266 e. The molecule has 1 aromatic carbocycles. The highest BCUT2D eigenvalue weighted by molar-refractivity contribution is 7.89. The summed E-state index contributed by atoms with van der Waals surface area (Å²) in [5.41, 5.74) is 0.934. The third kappa shape index (κ3) is 2.77. The highest BCUT2D eigenvalue weighted by atomic mass is 35.5. The molecule has 0 N–H and O–H groups in total. The number of nitrogens with zero attached hydrogens (tertiary/aromatic N) is 1. The van der Waals surface area contributed by atoms with Crippen LogP contribution in [0.3, 0.4) is 0 Å². The lowest BCUT2D eigenvalue weighted by atomic mass is 9.93. The molecule has 1 aliphatic heterocycles. The maximum Gasteiger partial charge on any atom is 0.266 e. The van der Waals surface area contributed by atoms with Gasteiger partial charge >= 0.3 is 0 Å². The van der Waals surface area contributed by atoms with Crippen LogP contribution in [0.4, 0.5) is 0 Å². The lowest BCUT2D eigenvalue weighted by Crippen LogP contribution is -2.40. The van der Waals surface area contributed by atoms with E-state index in [4.69, 9.17) is 23.2 Å². The average Bonchev–Trinajstić information content (AvgIpc) is 2.72. The van der Waals surface area contributed by atoms with Crippen molar-refractivity contribution in [3.05, 3.63) is 42.5 Å². The molecule has 0 aromatic heterocycles. The van der Waals surface area contributed by atoms with Crippen molar-refractivity contribution in [3.8, 4) is 0 Å². The van der Waals surface area contributed by atoms with Crippen molar-refractivity contribution in [2.75, 3.05) is 12.4 Å². The molecule has 1 amide bonds. The van der Waals surface area contributed by atoms with Gasteiger partial charge in [-0.15, -0.1) is 29.8 Å². The Bertz CT molecular complexity index is 687. The summed E-state index contributed by atoms with van der Waals surface area (Å²) in [5, 5.41) is 0. The molecule has 1 fully saturated rings. The third-order valence-corrected chi connectivity index (χ3v) is 6.61. The third-order valence-electron chi connectivity index (χ3n) is 3.85. The number of hydrogen-bond donors (Lipinski definition) is 0. The van der Waals surface area contributed by atoms with Gasteiger partial charge in [-0.05, 0) is 25.5 Å². The number of sulfonamides is 1. The first-order chi connectivity index (χ1) is 10.3. The number of halogens is 2. The standard InChI is InChI=1S/C15H17Cl2NO3S/c1-3-8-15(17)12(9-16)10-18(14(15)19)22(20,21)13-6-4-11(2)5-7-13/h3-7,12H,1,8-10H2,2H3/t12-,15+/m1/s1. The average molecular weight is 362 g/mol. The van der Waals surface area contributed by atoms with Crippen molar-refractivity contribution in [3.63, 3.8) is 0 Å². The number of aryl methyl sites for hydroxylation is 1. The summed E-state index contributed by atoms with van der Waals surface area (Å²) in [5.74, 6) is -0.995. The second kappa shape index (κ2) is 6.22. The Morgan fingerprint density at radius 1 is 1.41 bits per heavy atom. The van der Waals surface area contributed by atoms with Crippen LogP contribution < -0.4 is 0 Å². The maximum absolute atomic E-state index is 12.7. The van der Waals surface area contributed by atoms with E-state index in [2.05, 4.69) is 6.58 Å². The van der Waals surface area contributed by atoms with Gasteiger partial charge < -0.3 is 0 Å². The number of amides is 1. The van der Waals surface area contributed by atoms with Crippen LogP contribution >= 0.6 is 23.2 Å². The van der Waals surface area contributed by atoms with Crippen molar-refractivity contribution in [2.45, 2.75) is 23.1 Å². The molecule has 0 radical (unpaired) electrons. The van der Waals surface area contributed by atoms with Gasteiger partial charge in [-0.1, -0.05) is 23.8 Å². The quantitative estimate of drug-likeness (QED) is 0.598. The number of allylic oxidation sites excluding steroid dienone is 1. The van der Waals surface area contributed by atoms with Gasteiger partial charge in [0.15, 0.2) is 0 Å². The minimum Gasteiger partial charge on any atom is -0.272 e. The second-order valence-corrected chi connectivity index (χ2v) is 8.21. The van der Waals surface area contributed by atoms with Crippen LogP contribution in [0.25, 0.3) is 0 Å². The van der Waals surface area contributed by atoms with Gasteiger partial charge in [-0.2, -0.15) is 0 Å². The number of alkyl halides is 2. The van der Waals surface area contributed by atoms with Gasteiger partial charge in [-0.25, -0.2) is 12.7 Å². The van der Waals surface area contributed by atoms with Gasteiger partial charge in [0.1, 0.15) is 4.87 Å². The first-order valence-electron chi connectivity index (χ1n) is 6.77. The number of carbonyl (C=O) groups excluding carboxylic acids is 1. The molecule has 0 saturated carbocycles. The Labute approximate surface area is 140 Å². The molecular weight excluding hydrogens is 345 g/mol. The first kappa shape index (κ1) is 17.3. The molecular formula is C15H17Cl2NO3S. The fourth-order valence-electron chi connectivity index (χ4n) is 2.49. The van der Waals surface area contributed by atoms with Crippen molar-refractivity contribution < 1.29 is 13.2 Å². The first-order valence-corrected chi connectivity index (χ1v) is 9.12. The molecule has 1 heterocycles. The van der Waals surface area contributed by atoms with Gasteiger partial charge in [0.25, 0.3) is 15.9 Å². The summed E-state index contributed by atoms with van der Waals surface area (Å²) >= 11 is 12.3. The van der Waals surface area contributed by atoms with E-state index in [0.29, 0.717) is 0 Å². The summed E-state index contributed by atoms with van der Waals surface area (Å²) in [6, 6.07) is 6.33. The lowest BCUT2D eigenvalue weighted by Gasteiger charge is -2.22. The topological polar surface area (TPSA) is 54.5 Å². The number of hydrogen-bond acceptors (Lipinski definition) is 3. The van der Waals surface area contributed by atoms with Crippen molar-refractivity contribution in [2.24, 2.45) is 5.92 Å². The van der Waals surface area contributed by atoms with Crippen molar-refractivity contribution in [1.82, 2.24) is 4.31 Å². The zero-order chi connectivity index (χ0) is 16.5.